The molecule has 84 valence electrons. The predicted molar refractivity (Wildman–Crippen MR) is 66.6 cm³/mol. The zero-order valence-electron chi connectivity index (χ0n) is 9.31. The van der Waals surface area contributed by atoms with Crippen molar-refractivity contribution in [3.63, 3.8) is 0 Å². The van der Waals surface area contributed by atoms with E-state index in [0.717, 1.165) is 18.4 Å². The van der Waals surface area contributed by atoms with Crippen molar-refractivity contribution in [3.8, 4) is 0 Å². The van der Waals surface area contributed by atoms with E-state index in [1.165, 1.54) is 16.1 Å². The van der Waals surface area contributed by atoms with E-state index in [1.54, 1.807) is 11.3 Å². The molecule has 0 amide bonds. The van der Waals surface area contributed by atoms with Crippen LogP contribution in [-0.2, 0) is 5.41 Å². The minimum absolute atomic E-state index is 0.0731. The molecule has 1 aliphatic rings. The maximum Gasteiger partial charge on any atom is 0.101 e. The first-order chi connectivity index (χ1) is 7.70. The van der Waals surface area contributed by atoms with Gasteiger partial charge in [0.05, 0.1) is 16.4 Å². The largest absolute Gasteiger partial charge is 0.327 e. The Balaban J connectivity index is 2.12. The first-order valence-electron chi connectivity index (χ1n) is 5.67. The molecule has 0 aliphatic heterocycles. The van der Waals surface area contributed by atoms with E-state index in [9.17, 15) is 0 Å². The lowest BCUT2D eigenvalue weighted by atomic mass is 9.86. The zero-order chi connectivity index (χ0) is 11.2. The van der Waals surface area contributed by atoms with Crippen molar-refractivity contribution in [1.82, 2.24) is 9.97 Å². The second kappa shape index (κ2) is 3.50. The van der Waals surface area contributed by atoms with Crippen LogP contribution in [0.1, 0.15) is 31.2 Å². The predicted octanol–water partition coefficient (Wildman–Crippen LogP) is 2.46. The molecule has 2 atom stereocenters. The topological polar surface area (TPSA) is 51.8 Å². The van der Waals surface area contributed by atoms with Gasteiger partial charge in [-0.05, 0) is 18.9 Å². The SMILES string of the molecule is CC1(c2nc3cnccc3s2)CCCC1N. The highest BCUT2D eigenvalue weighted by atomic mass is 32.1. The third-order valence-corrected chi connectivity index (χ3v) is 5.02. The quantitative estimate of drug-likeness (QED) is 0.823. The molecule has 2 aromatic rings. The summed E-state index contributed by atoms with van der Waals surface area (Å²) < 4.78 is 1.21. The van der Waals surface area contributed by atoms with Gasteiger partial charge in [-0.3, -0.25) is 4.98 Å². The van der Waals surface area contributed by atoms with Gasteiger partial charge in [-0.2, -0.15) is 0 Å². The lowest BCUT2D eigenvalue weighted by molar-refractivity contribution is 0.428. The van der Waals surface area contributed by atoms with Crippen molar-refractivity contribution in [2.24, 2.45) is 5.73 Å². The summed E-state index contributed by atoms with van der Waals surface area (Å²) in [7, 11) is 0. The molecular formula is C12H15N3S. The second-order valence-corrected chi connectivity index (χ2v) is 5.81. The molecule has 0 radical (unpaired) electrons. The molecule has 2 heterocycles. The Morgan fingerprint density at radius 3 is 3.12 bits per heavy atom. The molecule has 0 saturated heterocycles. The third-order valence-electron chi connectivity index (χ3n) is 3.71. The number of hydrogen-bond donors (Lipinski definition) is 1. The van der Waals surface area contributed by atoms with E-state index >= 15 is 0 Å². The molecule has 1 saturated carbocycles. The van der Waals surface area contributed by atoms with Crippen LogP contribution in [0.2, 0.25) is 0 Å². The Morgan fingerprint density at radius 1 is 1.56 bits per heavy atom. The van der Waals surface area contributed by atoms with Crippen LogP contribution in [0.3, 0.4) is 0 Å². The van der Waals surface area contributed by atoms with Crippen molar-refractivity contribution in [2.75, 3.05) is 0 Å². The van der Waals surface area contributed by atoms with Crippen molar-refractivity contribution in [3.05, 3.63) is 23.5 Å². The van der Waals surface area contributed by atoms with Crippen LogP contribution >= 0.6 is 11.3 Å². The van der Waals surface area contributed by atoms with Gasteiger partial charge in [-0.25, -0.2) is 4.98 Å². The number of hydrogen-bond acceptors (Lipinski definition) is 4. The average molecular weight is 233 g/mol. The molecule has 2 aromatic heterocycles. The fraction of sp³-hybridized carbons (Fsp3) is 0.500. The zero-order valence-corrected chi connectivity index (χ0v) is 10.1. The van der Waals surface area contributed by atoms with Gasteiger partial charge in [-0.1, -0.05) is 13.3 Å². The van der Waals surface area contributed by atoms with E-state index < -0.39 is 0 Å². The number of pyridine rings is 1. The molecule has 4 heteroatoms. The van der Waals surface area contributed by atoms with Gasteiger partial charge in [0, 0.05) is 17.7 Å². The van der Waals surface area contributed by atoms with E-state index in [2.05, 4.69) is 11.9 Å². The normalized spacial score (nSPS) is 30.0. The average Bonchev–Trinajstić information content (AvgIpc) is 2.84. The highest BCUT2D eigenvalue weighted by molar-refractivity contribution is 7.18. The summed E-state index contributed by atoms with van der Waals surface area (Å²) in [5.74, 6) is 0. The first-order valence-corrected chi connectivity index (χ1v) is 6.48. The summed E-state index contributed by atoms with van der Waals surface area (Å²) in [5, 5.41) is 1.18. The molecule has 16 heavy (non-hydrogen) atoms. The van der Waals surface area contributed by atoms with Crippen molar-refractivity contribution < 1.29 is 0 Å². The van der Waals surface area contributed by atoms with Gasteiger partial charge in [0.25, 0.3) is 0 Å². The summed E-state index contributed by atoms with van der Waals surface area (Å²) in [6.07, 6.45) is 7.14. The number of nitrogens with two attached hydrogens (primary N) is 1. The van der Waals surface area contributed by atoms with Gasteiger partial charge in [-0.15, -0.1) is 11.3 Å². The van der Waals surface area contributed by atoms with E-state index in [-0.39, 0.29) is 11.5 Å². The van der Waals surface area contributed by atoms with Crippen molar-refractivity contribution >= 4 is 21.6 Å². The molecule has 3 rings (SSSR count). The minimum Gasteiger partial charge on any atom is -0.327 e. The maximum atomic E-state index is 6.22. The smallest absolute Gasteiger partial charge is 0.101 e. The summed E-state index contributed by atoms with van der Waals surface area (Å²) >= 11 is 1.77. The van der Waals surface area contributed by atoms with Gasteiger partial charge >= 0.3 is 0 Å². The molecule has 2 N–H and O–H groups in total. The molecule has 0 aromatic carbocycles. The second-order valence-electron chi connectivity index (χ2n) is 4.78. The van der Waals surface area contributed by atoms with E-state index in [1.807, 2.05) is 18.5 Å². The number of aromatic nitrogens is 2. The Kier molecular flexibility index (Phi) is 2.23. The van der Waals surface area contributed by atoms with Gasteiger partial charge in [0.1, 0.15) is 5.01 Å². The Hall–Kier alpha value is -1.00. The minimum atomic E-state index is 0.0731. The summed E-state index contributed by atoms with van der Waals surface area (Å²) in [5.41, 5.74) is 7.29. The Labute approximate surface area is 98.7 Å². The number of nitrogens with zero attached hydrogens (tertiary/aromatic N) is 2. The fourth-order valence-electron chi connectivity index (χ4n) is 2.48. The summed E-state index contributed by atoms with van der Waals surface area (Å²) in [4.78, 5) is 8.80. The van der Waals surface area contributed by atoms with Crippen molar-refractivity contribution in [2.45, 2.75) is 37.6 Å². The number of rotatable bonds is 1. The molecule has 3 nitrogen and oxygen atoms in total. The molecule has 0 bridgehead atoms. The first kappa shape index (κ1) is 10.2. The summed E-state index contributed by atoms with van der Waals surface area (Å²) in [6, 6.07) is 2.28. The van der Waals surface area contributed by atoms with Crippen LogP contribution in [-0.4, -0.2) is 16.0 Å². The molecule has 0 spiro atoms. The lowest BCUT2D eigenvalue weighted by Crippen LogP contribution is -2.38. The third kappa shape index (κ3) is 1.37. The number of fused-ring (bicyclic) bond motifs is 1. The standard InChI is InChI=1S/C12H15N3S/c1-12(5-2-3-10(12)13)11-15-8-7-14-6-4-9(8)16-11/h4,6-7,10H,2-3,5,13H2,1H3. The van der Waals surface area contributed by atoms with Crippen LogP contribution in [0.4, 0.5) is 0 Å². The Bertz CT molecular complexity index is 489. The van der Waals surface area contributed by atoms with Gasteiger partial charge < -0.3 is 5.73 Å². The van der Waals surface area contributed by atoms with Crippen LogP contribution in [0.15, 0.2) is 18.5 Å². The van der Waals surface area contributed by atoms with Crippen LogP contribution in [0.25, 0.3) is 10.2 Å². The van der Waals surface area contributed by atoms with Gasteiger partial charge in [0.2, 0.25) is 0 Å². The molecule has 1 fully saturated rings. The fourth-order valence-corrected chi connectivity index (χ4v) is 3.65. The molecule has 2 unspecified atom stereocenters. The highest BCUT2D eigenvalue weighted by Crippen LogP contribution is 2.42. The highest BCUT2D eigenvalue weighted by Gasteiger charge is 2.40. The number of thiazole rings is 1. The molecular weight excluding hydrogens is 218 g/mol. The van der Waals surface area contributed by atoms with Crippen LogP contribution in [0.5, 0.6) is 0 Å². The van der Waals surface area contributed by atoms with Crippen LogP contribution < -0.4 is 5.73 Å². The Morgan fingerprint density at radius 2 is 2.44 bits per heavy atom. The summed E-state index contributed by atoms with van der Waals surface area (Å²) in [6.45, 7) is 2.25. The monoisotopic (exact) mass is 233 g/mol. The van der Waals surface area contributed by atoms with E-state index in [0.29, 0.717) is 0 Å². The lowest BCUT2D eigenvalue weighted by Gasteiger charge is -2.26. The van der Waals surface area contributed by atoms with E-state index in [4.69, 9.17) is 10.7 Å². The van der Waals surface area contributed by atoms with Gasteiger partial charge in [0.15, 0.2) is 0 Å². The maximum absolute atomic E-state index is 6.22. The van der Waals surface area contributed by atoms with Crippen LogP contribution in [0, 0.1) is 0 Å². The molecule has 1 aliphatic carbocycles. The van der Waals surface area contributed by atoms with Crippen molar-refractivity contribution in [1.29, 1.82) is 0 Å².